The number of benzene rings is 1. The fraction of sp³-hybridized carbons (Fsp3) is 0.308. The van der Waals surface area contributed by atoms with Crippen molar-refractivity contribution >= 4 is 17.8 Å². The number of amides is 1. The summed E-state index contributed by atoms with van der Waals surface area (Å²) in [5.74, 6) is -2.21. The molecule has 1 aromatic rings. The molecule has 0 aliphatic rings. The van der Waals surface area contributed by atoms with E-state index in [1.165, 1.54) is 6.92 Å². The van der Waals surface area contributed by atoms with Gasteiger partial charge in [-0.1, -0.05) is 24.3 Å². The maximum atomic E-state index is 11.3. The Morgan fingerprint density at radius 2 is 1.70 bits per heavy atom. The van der Waals surface area contributed by atoms with Crippen LogP contribution in [0.4, 0.5) is 0 Å². The molecule has 1 amide bonds. The van der Waals surface area contributed by atoms with Crippen molar-refractivity contribution in [2.45, 2.75) is 26.6 Å². The average Bonchev–Trinajstić information content (AvgIpc) is 2.43. The van der Waals surface area contributed by atoms with E-state index in [0.29, 0.717) is 0 Å². The van der Waals surface area contributed by atoms with Gasteiger partial charge in [-0.25, -0.2) is 4.79 Å². The van der Waals surface area contributed by atoms with E-state index in [4.69, 9.17) is 9.84 Å². The SMILES string of the molecule is CC(=O)NOC(=O)CC(=O)OCc1ccc(CO)cc1. The first-order chi connectivity index (χ1) is 9.51. The van der Waals surface area contributed by atoms with Crippen molar-refractivity contribution in [2.24, 2.45) is 0 Å². The Hall–Kier alpha value is -2.41. The van der Waals surface area contributed by atoms with Crippen LogP contribution in [0.5, 0.6) is 0 Å². The van der Waals surface area contributed by atoms with Crippen LogP contribution in [-0.2, 0) is 37.2 Å². The van der Waals surface area contributed by atoms with Crippen LogP contribution in [0.2, 0.25) is 0 Å². The maximum absolute atomic E-state index is 11.3. The minimum Gasteiger partial charge on any atom is -0.460 e. The van der Waals surface area contributed by atoms with Crippen molar-refractivity contribution in [1.82, 2.24) is 5.48 Å². The summed E-state index contributed by atoms with van der Waals surface area (Å²) in [6.07, 6.45) is -0.588. The Morgan fingerprint density at radius 3 is 2.25 bits per heavy atom. The molecule has 0 radical (unpaired) electrons. The highest BCUT2D eigenvalue weighted by atomic mass is 16.7. The van der Waals surface area contributed by atoms with Crippen LogP contribution in [0.25, 0.3) is 0 Å². The molecule has 1 aromatic carbocycles. The van der Waals surface area contributed by atoms with Crippen molar-refractivity contribution in [3.8, 4) is 0 Å². The van der Waals surface area contributed by atoms with Gasteiger partial charge in [-0.05, 0) is 11.1 Å². The highest BCUT2D eigenvalue weighted by molar-refractivity contribution is 5.91. The molecule has 2 N–H and O–H groups in total. The molecule has 108 valence electrons. The van der Waals surface area contributed by atoms with Gasteiger partial charge in [0, 0.05) is 6.92 Å². The van der Waals surface area contributed by atoms with Crippen molar-refractivity contribution in [3.63, 3.8) is 0 Å². The Kier molecular flexibility index (Phi) is 6.18. The van der Waals surface area contributed by atoms with Crippen molar-refractivity contribution < 1.29 is 29.1 Å². The lowest BCUT2D eigenvalue weighted by Gasteiger charge is -2.06. The van der Waals surface area contributed by atoms with Crippen LogP contribution in [0.1, 0.15) is 24.5 Å². The quantitative estimate of drug-likeness (QED) is 0.454. The van der Waals surface area contributed by atoms with Gasteiger partial charge in [0.2, 0.25) is 5.91 Å². The van der Waals surface area contributed by atoms with Crippen molar-refractivity contribution in [3.05, 3.63) is 35.4 Å². The van der Waals surface area contributed by atoms with Crippen LogP contribution in [-0.4, -0.2) is 23.0 Å². The summed E-state index contributed by atoms with van der Waals surface area (Å²) in [5, 5.41) is 8.87. The highest BCUT2D eigenvalue weighted by Gasteiger charge is 2.13. The number of nitrogens with one attached hydrogen (secondary N) is 1. The molecular formula is C13H15NO6. The first kappa shape index (κ1) is 15.6. The number of hydrogen-bond donors (Lipinski definition) is 2. The third-order valence-electron chi connectivity index (χ3n) is 2.20. The normalized spacial score (nSPS) is 9.70. The molecule has 0 fully saturated rings. The minimum atomic E-state index is -0.902. The zero-order valence-corrected chi connectivity index (χ0v) is 10.9. The van der Waals surface area contributed by atoms with Crippen LogP contribution < -0.4 is 5.48 Å². The molecule has 0 aliphatic carbocycles. The summed E-state index contributed by atoms with van der Waals surface area (Å²) in [5.41, 5.74) is 3.29. The van der Waals surface area contributed by atoms with Crippen molar-refractivity contribution in [2.75, 3.05) is 0 Å². The summed E-state index contributed by atoms with van der Waals surface area (Å²) < 4.78 is 4.86. The minimum absolute atomic E-state index is 0.0119. The smallest absolute Gasteiger partial charge is 0.343 e. The fourth-order valence-electron chi connectivity index (χ4n) is 1.24. The van der Waals surface area contributed by atoms with Gasteiger partial charge in [0.1, 0.15) is 13.0 Å². The summed E-state index contributed by atoms with van der Waals surface area (Å²) in [6, 6.07) is 6.81. The van der Waals surface area contributed by atoms with Gasteiger partial charge in [0.05, 0.1) is 6.61 Å². The Labute approximate surface area is 115 Å². The largest absolute Gasteiger partial charge is 0.460 e. The predicted octanol–water partition coefficient (Wildman–Crippen LogP) is 0.206. The molecule has 0 atom stereocenters. The van der Waals surface area contributed by atoms with Gasteiger partial charge in [0.15, 0.2) is 0 Å². The zero-order chi connectivity index (χ0) is 15.0. The number of carbonyl (C=O) groups is 3. The maximum Gasteiger partial charge on any atom is 0.343 e. The van der Waals surface area contributed by atoms with Crippen LogP contribution >= 0.6 is 0 Å². The fourth-order valence-corrected chi connectivity index (χ4v) is 1.24. The van der Waals surface area contributed by atoms with E-state index < -0.39 is 24.3 Å². The molecule has 0 unspecified atom stereocenters. The summed E-state index contributed by atoms with van der Waals surface area (Å²) in [4.78, 5) is 37.2. The molecular weight excluding hydrogens is 266 g/mol. The van der Waals surface area contributed by atoms with Crippen molar-refractivity contribution in [1.29, 1.82) is 0 Å². The number of aliphatic hydroxyl groups excluding tert-OH is 1. The Morgan fingerprint density at radius 1 is 1.10 bits per heavy atom. The number of hydroxylamine groups is 1. The van der Waals surface area contributed by atoms with Gasteiger partial charge in [-0.2, -0.15) is 5.48 Å². The molecule has 0 saturated carbocycles. The van der Waals surface area contributed by atoms with Gasteiger partial charge < -0.3 is 14.7 Å². The van der Waals surface area contributed by atoms with Crippen LogP contribution in [0, 0.1) is 0 Å². The number of ether oxygens (including phenoxy) is 1. The first-order valence-corrected chi connectivity index (χ1v) is 5.82. The number of rotatable bonds is 5. The monoisotopic (exact) mass is 281 g/mol. The Balaban J connectivity index is 2.31. The molecule has 20 heavy (non-hydrogen) atoms. The highest BCUT2D eigenvalue weighted by Crippen LogP contribution is 2.06. The Bertz CT molecular complexity index is 482. The predicted molar refractivity (Wildman–Crippen MR) is 66.7 cm³/mol. The second-order valence-corrected chi connectivity index (χ2v) is 3.94. The summed E-state index contributed by atoms with van der Waals surface area (Å²) in [6.45, 7) is 1.12. The number of esters is 1. The number of aliphatic hydroxyl groups is 1. The first-order valence-electron chi connectivity index (χ1n) is 5.82. The van der Waals surface area contributed by atoms with E-state index in [2.05, 4.69) is 4.84 Å². The second kappa shape index (κ2) is 7.90. The summed E-state index contributed by atoms with van der Waals surface area (Å²) in [7, 11) is 0. The van der Waals surface area contributed by atoms with E-state index >= 15 is 0 Å². The molecule has 0 bridgehead atoms. The number of hydrogen-bond acceptors (Lipinski definition) is 6. The molecule has 0 heterocycles. The van der Waals surface area contributed by atoms with Crippen LogP contribution in [0.3, 0.4) is 0 Å². The molecule has 0 aliphatic heterocycles. The molecule has 7 heteroatoms. The van der Waals surface area contributed by atoms with E-state index in [1.807, 2.05) is 5.48 Å². The standard InChI is InChI=1S/C13H15NO6/c1-9(16)14-20-13(18)6-12(17)19-8-11-4-2-10(7-15)3-5-11/h2-5,15H,6-8H2,1H3,(H,14,16). The lowest BCUT2D eigenvalue weighted by atomic mass is 10.1. The van der Waals surface area contributed by atoms with Crippen LogP contribution in [0.15, 0.2) is 24.3 Å². The van der Waals surface area contributed by atoms with E-state index in [0.717, 1.165) is 11.1 Å². The van der Waals surface area contributed by atoms with Gasteiger partial charge in [-0.3, -0.25) is 9.59 Å². The molecule has 7 nitrogen and oxygen atoms in total. The number of carbonyl (C=O) groups excluding carboxylic acids is 3. The lowest BCUT2D eigenvalue weighted by molar-refractivity contribution is -0.163. The molecule has 0 saturated heterocycles. The third kappa shape index (κ3) is 5.96. The van der Waals surface area contributed by atoms with Gasteiger partial charge in [0.25, 0.3) is 0 Å². The van der Waals surface area contributed by atoms with E-state index in [9.17, 15) is 14.4 Å². The third-order valence-corrected chi connectivity index (χ3v) is 2.20. The average molecular weight is 281 g/mol. The molecule has 0 aromatic heterocycles. The molecule has 1 rings (SSSR count). The lowest BCUT2D eigenvalue weighted by Crippen LogP contribution is -2.26. The summed E-state index contributed by atoms with van der Waals surface area (Å²) >= 11 is 0. The van der Waals surface area contributed by atoms with Gasteiger partial charge >= 0.3 is 11.9 Å². The van der Waals surface area contributed by atoms with Gasteiger partial charge in [-0.15, -0.1) is 0 Å². The topological polar surface area (TPSA) is 102 Å². The van der Waals surface area contributed by atoms with E-state index in [-0.39, 0.29) is 13.2 Å². The second-order valence-electron chi connectivity index (χ2n) is 3.94. The zero-order valence-electron chi connectivity index (χ0n) is 10.9. The van der Waals surface area contributed by atoms with E-state index in [1.54, 1.807) is 24.3 Å². The molecule has 0 spiro atoms.